The summed E-state index contributed by atoms with van der Waals surface area (Å²) in [6.07, 6.45) is 6.25. The van der Waals surface area contributed by atoms with Crippen molar-refractivity contribution in [1.29, 1.82) is 0 Å². The normalized spacial score (nSPS) is 10.8. The molecule has 0 fully saturated rings. The molecule has 0 bridgehead atoms. The van der Waals surface area contributed by atoms with Crippen LogP contribution >= 0.6 is 15.9 Å². The minimum absolute atomic E-state index is 0.720. The summed E-state index contributed by atoms with van der Waals surface area (Å²) in [5, 5.41) is 3.43. The Morgan fingerprint density at radius 2 is 1.95 bits per heavy atom. The number of ether oxygens (including phenoxy) is 1. The maximum absolute atomic E-state index is 5.68. The Balaban J connectivity index is 1.89. The number of nitrogens with one attached hydrogen (secondary N) is 1. The van der Waals surface area contributed by atoms with E-state index in [9.17, 15) is 0 Å². The van der Waals surface area contributed by atoms with E-state index >= 15 is 0 Å². The van der Waals surface area contributed by atoms with Gasteiger partial charge in [0.2, 0.25) is 0 Å². The molecule has 0 atom stereocenters. The molecule has 108 valence electrons. The number of benzene rings is 1. The van der Waals surface area contributed by atoms with Crippen LogP contribution in [0.1, 0.15) is 44.6 Å². The summed E-state index contributed by atoms with van der Waals surface area (Å²) in [5.41, 5.74) is 1.23. The van der Waals surface area contributed by atoms with E-state index in [2.05, 4.69) is 40.3 Å². The van der Waals surface area contributed by atoms with E-state index in [1.54, 1.807) is 0 Å². The summed E-state index contributed by atoms with van der Waals surface area (Å²) in [7, 11) is 0. The van der Waals surface area contributed by atoms with Crippen LogP contribution in [0.5, 0.6) is 0 Å². The standard InChI is InChI=1S/C16H26BrNO/c1-2-10-18-11-5-3-4-6-12-19-14-15-8-7-9-16(17)13-15/h7-9,13,18H,2-6,10-12,14H2,1H3. The molecule has 2 nitrogen and oxygen atoms in total. The van der Waals surface area contributed by atoms with E-state index in [0.717, 1.165) is 30.8 Å². The second-order valence-electron chi connectivity index (χ2n) is 4.85. The van der Waals surface area contributed by atoms with Crippen molar-refractivity contribution >= 4 is 15.9 Å². The molecule has 0 aliphatic carbocycles. The van der Waals surface area contributed by atoms with E-state index in [-0.39, 0.29) is 0 Å². The Morgan fingerprint density at radius 3 is 2.74 bits per heavy atom. The van der Waals surface area contributed by atoms with Gasteiger partial charge in [0.15, 0.2) is 0 Å². The largest absolute Gasteiger partial charge is 0.377 e. The third-order valence-corrected chi connectivity index (χ3v) is 3.47. The van der Waals surface area contributed by atoms with Crippen LogP contribution in [0, 0.1) is 0 Å². The molecule has 1 aromatic carbocycles. The highest BCUT2D eigenvalue weighted by Gasteiger charge is 1.95. The van der Waals surface area contributed by atoms with Gasteiger partial charge in [-0.1, -0.05) is 47.8 Å². The van der Waals surface area contributed by atoms with Gasteiger partial charge in [-0.3, -0.25) is 0 Å². The molecule has 0 saturated heterocycles. The number of hydrogen-bond acceptors (Lipinski definition) is 2. The van der Waals surface area contributed by atoms with Crippen molar-refractivity contribution in [3.63, 3.8) is 0 Å². The molecule has 0 heterocycles. The molecule has 19 heavy (non-hydrogen) atoms. The molecule has 1 aromatic rings. The SMILES string of the molecule is CCCNCCCCCCOCc1cccc(Br)c1. The third-order valence-electron chi connectivity index (χ3n) is 2.98. The molecular formula is C16H26BrNO. The van der Waals surface area contributed by atoms with Crippen molar-refractivity contribution in [2.24, 2.45) is 0 Å². The van der Waals surface area contributed by atoms with Gasteiger partial charge >= 0.3 is 0 Å². The Hall–Kier alpha value is -0.380. The summed E-state index contributed by atoms with van der Waals surface area (Å²) >= 11 is 3.47. The van der Waals surface area contributed by atoms with Gasteiger partial charge in [-0.2, -0.15) is 0 Å². The molecule has 0 radical (unpaired) electrons. The van der Waals surface area contributed by atoms with E-state index in [1.807, 2.05) is 12.1 Å². The van der Waals surface area contributed by atoms with Crippen LogP contribution < -0.4 is 5.32 Å². The van der Waals surface area contributed by atoms with Crippen molar-refractivity contribution < 1.29 is 4.74 Å². The molecule has 0 aliphatic heterocycles. The molecular weight excluding hydrogens is 302 g/mol. The summed E-state index contributed by atoms with van der Waals surface area (Å²) in [6, 6.07) is 8.30. The van der Waals surface area contributed by atoms with E-state index in [4.69, 9.17) is 4.74 Å². The fourth-order valence-electron chi connectivity index (χ4n) is 1.93. The number of hydrogen-bond donors (Lipinski definition) is 1. The van der Waals surface area contributed by atoms with Crippen LogP contribution in [0.3, 0.4) is 0 Å². The van der Waals surface area contributed by atoms with Gasteiger partial charge < -0.3 is 10.1 Å². The highest BCUT2D eigenvalue weighted by Crippen LogP contribution is 2.12. The minimum atomic E-state index is 0.720. The quantitative estimate of drug-likeness (QED) is 0.603. The summed E-state index contributed by atoms with van der Waals surface area (Å²) in [4.78, 5) is 0. The first kappa shape index (κ1) is 16.7. The third kappa shape index (κ3) is 9.20. The van der Waals surface area contributed by atoms with Crippen LogP contribution in [-0.2, 0) is 11.3 Å². The predicted octanol–water partition coefficient (Wildman–Crippen LogP) is 4.53. The first-order valence-corrected chi connectivity index (χ1v) is 8.15. The lowest BCUT2D eigenvalue weighted by atomic mass is 10.2. The molecule has 0 aromatic heterocycles. The van der Waals surface area contributed by atoms with Crippen LogP contribution in [0.4, 0.5) is 0 Å². The monoisotopic (exact) mass is 327 g/mol. The summed E-state index contributed by atoms with van der Waals surface area (Å²) in [5.74, 6) is 0. The lowest BCUT2D eigenvalue weighted by molar-refractivity contribution is 0.116. The lowest BCUT2D eigenvalue weighted by Gasteiger charge is -2.05. The van der Waals surface area contributed by atoms with E-state index in [0.29, 0.717) is 0 Å². The number of unbranched alkanes of at least 4 members (excludes halogenated alkanes) is 3. The van der Waals surface area contributed by atoms with Gasteiger partial charge in [-0.05, 0) is 50.0 Å². The van der Waals surface area contributed by atoms with Gasteiger partial charge in [0, 0.05) is 11.1 Å². The first-order valence-electron chi connectivity index (χ1n) is 7.36. The second-order valence-corrected chi connectivity index (χ2v) is 5.76. The highest BCUT2D eigenvalue weighted by molar-refractivity contribution is 9.10. The zero-order valence-electron chi connectivity index (χ0n) is 12.0. The fraction of sp³-hybridized carbons (Fsp3) is 0.625. The van der Waals surface area contributed by atoms with Crippen molar-refractivity contribution in [3.8, 4) is 0 Å². The molecule has 0 aliphatic rings. The molecule has 0 amide bonds. The number of halogens is 1. The maximum Gasteiger partial charge on any atom is 0.0717 e. The lowest BCUT2D eigenvalue weighted by Crippen LogP contribution is -2.15. The Kier molecular flexibility index (Phi) is 10.0. The molecule has 1 rings (SSSR count). The van der Waals surface area contributed by atoms with Crippen molar-refractivity contribution in [3.05, 3.63) is 34.3 Å². The van der Waals surface area contributed by atoms with Crippen LogP contribution in [0.25, 0.3) is 0 Å². The van der Waals surface area contributed by atoms with Crippen molar-refractivity contribution in [2.45, 2.75) is 45.6 Å². The van der Waals surface area contributed by atoms with Crippen LogP contribution in [0.15, 0.2) is 28.7 Å². The molecule has 3 heteroatoms. The second kappa shape index (κ2) is 11.4. The Labute approximate surface area is 126 Å². The predicted molar refractivity (Wildman–Crippen MR) is 85.4 cm³/mol. The number of rotatable bonds is 11. The van der Waals surface area contributed by atoms with Gasteiger partial charge in [0.05, 0.1) is 6.61 Å². The van der Waals surface area contributed by atoms with Crippen molar-refractivity contribution in [2.75, 3.05) is 19.7 Å². The Morgan fingerprint density at radius 1 is 1.11 bits per heavy atom. The van der Waals surface area contributed by atoms with Crippen LogP contribution in [-0.4, -0.2) is 19.7 Å². The molecule has 0 spiro atoms. The topological polar surface area (TPSA) is 21.3 Å². The summed E-state index contributed by atoms with van der Waals surface area (Å²) in [6.45, 7) is 6.10. The first-order chi connectivity index (χ1) is 9.33. The van der Waals surface area contributed by atoms with Gasteiger partial charge in [-0.25, -0.2) is 0 Å². The average molecular weight is 328 g/mol. The maximum atomic E-state index is 5.68. The molecule has 1 N–H and O–H groups in total. The van der Waals surface area contributed by atoms with Gasteiger partial charge in [0.1, 0.15) is 0 Å². The van der Waals surface area contributed by atoms with Crippen molar-refractivity contribution in [1.82, 2.24) is 5.32 Å². The van der Waals surface area contributed by atoms with Gasteiger partial charge in [-0.15, -0.1) is 0 Å². The minimum Gasteiger partial charge on any atom is -0.377 e. The van der Waals surface area contributed by atoms with E-state index < -0.39 is 0 Å². The smallest absolute Gasteiger partial charge is 0.0717 e. The molecule has 0 unspecified atom stereocenters. The van der Waals surface area contributed by atoms with Gasteiger partial charge in [0.25, 0.3) is 0 Å². The zero-order chi connectivity index (χ0) is 13.8. The molecule has 0 saturated carbocycles. The average Bonchev–Trinajstić information content (AvgIpc) is 2.41. The fourth-order valence-corrected chi connectivity index (χ4v) is 2.37. The highest BCUT2D eigenvalue weighted by atomic mass is 79.9. The Bertz CT molecular complexity index is 330. The van der Waals surface area contributed by atoms with E-state index in [1.165, 1.54) is 37.7 Å². The zero-order valence-corrected chi connectivity index (χ0v) is 13.5. The summed E-state index contributed by atoms with van der Waals surface area (Å²) < 4.78 is 6.80. The van der Waals surface area contributed by atoms with Crippen LogP contribution in [0.2, 0.25) is 0 Å².